The lowest BCUT2D eigenvalue weighted by Crippen LogP contribution is -2.48. The van der Waals surface area contributed by atoms with Crippen LogP contribution >= 0.6 is 15.9 Å². The van der Waals surface area contributed by atoms with E-state index in [1.54, 1.807) is 6.07 Å². The number of benzene rings is 1. The normalized spacial score (nSPS) is 16.2. The molecule has 0 bridgehead atoms. The average molecular weight is 499 g/mol. The van der Waals surface area contributed by atoms with Crippen molar-refractivity contribution < 1.29 is 31.1 Å². The van der Waals surface area contributed by atoms with Crippen molar-refractivity contribution in [1.29, 1.82) is 0 Å². The molecular formula is C18H17BrF6N4O. The van der Waals surface area contributed by atoms with Gasteiger partial charge in [0.25, 0.3) is 5.91 Å². The van der Waals surface area contributed by atoms with Gasteiger partial charge < -0.3 is 4.90 Å². The van der Waals surface area contributed by atoms with Gasteiger partial charge in [-0.3, -0.25) is 14.4 Å². The molecule has 0 unspecified atom stereocenters. The number of halogens is 7. The van der Waals surface area contributed by atoms with Gasteiger partial charge in [0.15, 0.2) is 5.69 Å². The molecule has 5 nitrogen and oxygen atoms in total. The third kappa shape index (κ3) is 4.80. The van der Waals surface area contributed by atoms with Crippen molar-refractivity contribution in [3.8, 4) is 0 Å². The van der Waals surface area contributed by atoms with E-state index in [1.165, 1.54) is 18.0 Å². The van der Waals surface area contributed by atoms with Crippen LogP contribution in [0.3, 0.4) is 0 Å². The molecule has 0 atom stereocenters. The van der Waals surface area contributed by atoms with Gasteiger partial charge in [0.05, 0.1) is 10.0 Å². The predicted molar refractivity (Wildman–Crippen MR) is 98.5 cm³/mol. The van der Waals surface area contributed by atoms with Crippen LogP contribution in [0.1, 0.15) is 27.3 Å². The van der Waals surface area contributed by atoms with Crippen LogP contribution in [-0.4, -0.2) is 51.7 Å². The van der Waals surface area contributed by atoms with E-state index < -0.39 is 34.0 Å². The molecule has 0 N–H and O–H groups in total. The number of hydrogen-bond donors (Lipinski definition) is 0. The van der Waals surface area contributed by atoms with E-state index >= 15 is 0 Å². The molecule has 12 heteroatoms. The summed E-state index contributed by atoms with van der Waals surface area (Å²) in [6.07, 6.45) is -9.12. The van der Waals surface area contributed by atoms with E-state index in [1.807, 2.05) is 4.90 Å². The number of carbonyl (C=O) groups is 1. The van der Waals surface area contributed by atoms with E-state index in [4.69, 9.17) is 0 Å². The molecule has 1 aromatic carbocycles. The lowest BCUT2D eigenvalue weighted by Gasteiger charge is -2.34. The first-order chi connectivity index (χ1) is 13.9. The lowest BCUT2D eigenvalue weighted by molar-refractivity contribution is -0.142. The quantitative estimate of drug-likeness (QED) is 0.596. The van der Waals surface area contributed by atoms with Gasteiger partial charge in [0.2, 0.25) is 0 Å². The number of aromatic nitrogens is 2. The van der Waals surface area contributed by atoms with Crippen LogP contribution in [0.25, 0.3) is 0 Å². The Hall–Kier alpha value is -2.08. The molecule has 2 aromatic rings. The largest absolute Gasteiger partial charge is 0.436 e. The first-order valence-electron chi connectivity index (χ1n) is 8.85. The van der Waals surface area contributed by atoms with Crippen LogP contribution in [0.15, 0.2) is 28.7 Å². The zero-order chi connectivity index (χ0) is 22.3. The molecule has 30 heavy (non-hydrogen) atoms. The molecule has 2 heterocycles. The molecule has 0 radical (unpaired) electrons. The number of amides is 1. The SMILES string of the molecule is Cn1nc(C(F)(F)F)c(Br)c1C(=O)N1CCN(Cc2cccc(C(F)(F)F)c2)CC1. The number of carbonyl (C=O) groups excluding carboxylic acids is 1. The molecule has 0 aliphatic carbocycles. The number of aryl methyl sites for hydroxylation is 1. The van der Waals surface area contributed by atoms with Crippen molar-refractivity contribution in [1.82, 2.24) is 19.6 Å². The summed E-state index contributed by atoms with van der Waals surface area (Å²) in [5.41, 5.74) is -1.60. The minimum atomic E-state index is -4.70. The van der Waals surface area contributed by atoms with E-state index in [0.29, 0.717) is 18.7 Å². The van der Waals surface area contributed by atoms with E-state index in [9.17, 15) is 31.1 Å². The number of rotatable bonds is 3. The summed E-state index contributed by atoms with van der Waals surface area (Å²) >= 11 is 2.83. The van der Waals surface area contributed by atoms with Crippen LogP contribution in [-0.2, 0) is 25.9 Å². The number of alkyl halides is 6. The summed E-state index contributed by atoms with van der Waals surface area (Å²) in [6.45, 7) is 1.50. The Morgan fingerprint density at radius 3 is 2.23 bits per heavy atom. The van der Waals surface area contributed by atoms with Crippen LogP contribution in [0.2, 0.25) is 0 Å². The minimum Gasteiger partial charge on any atom is -0.335 e. The standard InChI is InChI=1S/C18H17BrF6N4O/c1-27-14(13(19)15(26-27)18(23,24)25)16(30)29-7-5-28(6-8-29)10-11-3-2-4-12(9-11)17(20,21)22/h2-4,9H,5-8,10H2,1H3. The van der Waals surface area contributed by atoms with Crippen LogP contribution in [0.5, 0.6) is 0 Å². The minimum absolute atomic E-state index is 0.200. The highest BCUT2D eigenvalue weighted by Crippen LogP contribution is 2.36. The van der Waals surface area contributed by atoms with Crippen molar-refractivity contribution in [2.45, 2.75) is 18.9 Å². The van der Waals surface area contributed by atoms with Crippen LogP contribution < -0.4 is 0 Å². The predicted octanol–water partition coefficient (Wildman–Crippen LogP) is 4.18. The highest BCUT2D eigenvalue weighted by Gasteiger charge is 2.40. The fourth-order valence-corrected chi connectivity index (χ4v) is 4.00. The van der Waals surface area contributed by atoms with Crippen molar-refractivity contribution in [2.24, 2.45) is 7.05 Å². The summed E-state index contributed by atoms with van der Waals surface area (Å²) in [6, 6.07) is 5.03. The molecule has 3 rings (SSSR count). The van der Waals surface area contributed by atoms with Gasteiger partial charge in [-0.15, -0.1) is 0 Å². The molecular weight excluding hydrogens is 482 g/mol. The van der Waals surface area contributed by atoms with Crippen LogP contribution in [0.4, 0.5) is 26.3 Å². The maximum Gasteiger partial charge on any atom is 0.436 e. The van der Waals surface area contributed by atoms with Gasteiger partial charge in [-0.2, -0.15) is 31.4 Å². The summed E-state index contributed by atoms with van der Waals surface area (Å²) in [4.78, 5) is 16.0. The van der Waals surface area contributed by atoms with E-state index in [-0.39, 0.29) is 25.3 Å². The van der Waals surface area contributed by atoms with Gasteiger partial charge in [-0.1, -0.05) is 18.2 Å². The zero-order valence-electron chi connectivity index (χ0n) is 15.7. The number of nitrogens with zero attached hydrogens (tertiary/aromatic N) is 4. The van der Waals surface area contributed by atoms with Gasteiger partial charge in [0.1, 0.15) is 5.69 Å². The van der Waals surface area contributed by atoms with E-state index in [2.05, 4.69) is 21.0 Å². The zero-order valence-corrected chi connectivity index (χ0v) is 17.3. The van der Waals surface area contributed by atoms with Crippen molar-refractivity contribution >= 4 is 21.8 Å². The van der Waals surface area contributed by atoms with Crippen molar-refractivity contribution in [3.05, 3.63) is 51.3 Å². The molecule has 1 amide bonds. The second kappa shape index (κ2) is 8.22. The molecule has 1 aromatic heterocycles. The maximum absolute atomic E-state index is 13.0. The lowest BCUT2D eigenvalue weighted by atomic mass is 10.1. The Labute approximate surface area is 176 Å². The molecule has 1 fully saturated rings. The Morgan fingerprint density at radius 2 is 1.70 bits per heavy atom. The molecule has 1 aliphatic heterocycles. The Balaban J connectivity index is 1.65. The second-order valence-corrected chi connectivity index (χ2v) is 7.69. The summed E-state index contributed by atoms with van der Waals surface area (Å²) in [5.74, 6) is -0.592. The van der Waals surface area contributed by atoms with Crippen LogP contribution in [0, 0.1) is 0 Å². The Kier molecular flexibility index (Phi) is 6.19. The first kappa shape index (κ1) is 22.6. The van der Waals surface area contributed by atoms with Gasteiger partial charge in [-0.05, 0) is 27.6 Å². The third-order valence-electron chi connectivity index (χ3n) is 4.78. The van der Waals surface area contributed by atoms with Gasteiger partial charge in [0, 0.05) is 39.8 Å². The monoisotopic (exact) mass is 498 g/mol. The fraction of sp³-hybridized carbons (Fsp3) is 0.444. The fourth-order valence-electron chi connectivity index (χ4n) is 3.27. The number of piperazine rings is 1. The smallest absolute Gasteiger partial charge is 0.335 e. The number of hydrogen-bond acceptors (Lipinski definition) is 3. The molecule has 0 saturated carbocycles. The maximum atomic E-state index is 13.0. The van der Waals surface area contributed by atoms with E-state index in [0.717, 1.165) is 16.8 Å². The molecule has 0 spiro atoms. The first-order valence-corrected chi connectivity index (χ1v) is 9.64. The molecule has 1 aliphatic rings. The Bertz CT molecular complexity index is 932. The highest BCUT2D eigenvalue weighted by molar-refractivity contribution is 9.10. The summed E-state index contributed by atoms with van der Waals surface area (Å²) in [7, 11) is 1.26. The van der Waals surface area contributed by atoms with Gasteiger partial charge in [-0.25, -0.2) is 0 Å². The average Bonchev–Trinajstić information content (AvgIpc) is 2.96. The van der Waals surface area contributed by atoms with Crippen molar-refractivity contribution in [3.63, 3.8) is 0 Å². The molecule has 164 valence electrons. The second-order valence-electron chi connectivity index (χ2n) is 6.90. The van der Waals surface area contributed by atoms with Gasteiger partial charge >= 0.3 is 12.4 Å². The van der Waals surface area contributed by atoms with Crippen molar-refractivity contribution in [2.75, 3.05) is 26.2 Å². The summed E-state index contributed by atoms with van der Waals surface area (Å²) in [5, 5.41) is 3.39. The third-order valence-corrected chi connectivity index (χ3v) is 5.53. The molecule has 1 saturated heterocycles. The highest BCUT2D eigenvalue weighted by atomic mass is 79.9. The summed E-state index contributed by atoms with van der Waals surface area (Å²) < 4.78 is 78.0. The Morgan fingerprint density at radius 1 is 1.07 bits per heavy atom. The topological polar surface area (TPSA) is 41.4 Å².